The Labute approximate surface area is 102 Å². The van der Waals surface area contributed by atoms with Crippen molar-refractivity contribution >= 4 is 12.1 Å². The zero-order chi connectivity index (χ0) is 12.8. The molecule has 5 heteroatoms. The van der Waals surface area contributed by atoms with Crippen molar-refractivity contribution in [1.82, 2.24) is 0 Å². The number of Topliss-reactive ketones (excluding diaryl/α,β-unsaturated/α-hetero) is 1. The van der Waals surface area contributed by atoms with E-state index in [9.17, 15) is 9.59 Å². The SMILES string of the molecule is CC(=O)CCCOCCOCCOCCC=O. The molecule has 0 radical (unpaired) electrons. The largest absolute Gasteiger partial charge is 0.379 e. The highest BCUT2D eigenvalue weighted by Gasteiger charge is 1.94. The van der Waals surface area contributed by atoms with E-state index in [0.717, 1.165) is 12.7 Å². The first-order valence-corrected chi connectivity index (χ1v) is 5.93. The van der Waals surface area contributed by atoms with Crippen LogP contribution in [0.4, 0.5) is 0 Å². The van der Waals surface area contributed by atoms with Gasteiger partial charge < -0.3 is 23.8 Å². The van der Waals surface area contributed by atoms with Crippen molar-refractivity contribution < 1.29 is 23.8 Å². The summed E-state index contributed by atoms with van der Waals surface area (Å²) >= 11 is 0. The Morgan fingerprint density at radius 3 is 2.00 bits per heavy atom. The Kier molecular flexibility index (Phi) is 12.7. The number of hydrogen-bond donors (Lipinski definition) is 0. The minimum atomic E-state index is 0.192. The molecule has 0 aromatic rings. The molecule has 100 valence electrons. The average Bonchev–Trinajstić information content (AvgIpc) is 2.30. The minimum Gasteiger partial charge on any atom is -0.379 e. The molecular weight excluding hydrogens is 224 g/mol. The molecule has 0 spiro atoms. The summed E-state index contributed by atoms with van der Waals surface area (Å²) in [6.45, 7) is 4.69. The third kappa shape index (κ3) is 15.2. The number of aldehydes is 1. The highest BCUT2D eigenvalue weighted by atomic mass is 16.5. The molecule has 0 amide bonds. The van der Waals surface area contributed by atoms with Crippen LogP contribution in [0, 0.1) is 0 Å². The molecule has 0 aliphatic rings. The van der Waals surface area contributed by atoms with Gasteiger partial charge in [-0.15, -0.1) is 0 Å². The summed E-state index contributed by atoms with van der Waals surface area (Å²) in [5.41, 5.74) is 0. The highest BCUT2D eigenvalue weighted by Crippen LogP contribution is 1.91. The van der Waals surface area contributed by atoms with E-state index >= 15 is 0 Å². The standard InChI is InChI=1S/C12H22O5/c1-12(14)4-2-6-15-8-10-17-11-9-16-7-3-5-13/h5H,2-4,6-11H2,1H3. The third-order valence-electron chi connectivity index (χ3n) is 1.94. The van der Waals surface area contributed by atoms with Crippen LogP contribution in [0.1, 0.15) is 26.2 Å². The van der Waals surface area contributed by atoms with Gasteiger partial charge in [0.1, 0.15) is 12.1 Å². The molecule has 0 rings (SSSR count). The summed E-state index contributed by atoms with van der Waals surface area (Å²) in [7, 11) is 0. The monoisotopic (exact) mass is 246 g/mol. The molecule has 0 atom stereocenters. The molecule has 0 N–H and O–H groups in total. The van der Waals surface area contributed by atoms with Gasteiger partial charge >= 0.3 is 0 Å². The van der Waals surface area contributed by atoms with Crippen LogP contribution in [0.5, 0.6) is 0 Å². The molecule has 0 fully saturated rings. The molecule has 0 unspecified atom stereocenters. The fraction of sp³-hybridized carbons (Fsp3) is 0.833. The van der Waals surface area contributed by atoms with Gasteiger partial charge in [0.25, 0.3) is 0 Å². The van der Waals surface area contributed by atoms with Crippen molar-refractivity contribution in [3.63, 3.8) is 0 Å². The van der Waals surface area contributed by atoms with E-state index < -0.39 is 0 Å². The number of rotatable bonds is 13. The lowest BCUT2D eigenvalue weighted by Crippen LogP contribution is -2.10. The first kappa shape index (κ1) is 16.2. The maximum Gasteiger partial charge on any atom is 0.129 e. The summed E-state index contributed by atoms with van der Waals surface area (Å²) in [5.74, 6) is 0.192. The van der Waals surface area contributed by atoms with Crippen molar-refractivity contribution in [3.05, 3.63) is 0 Å². The molecule has 17 heavy (non-hydrogen) atoms. The Balaban J connectivity index is 2.94. The second kappa shape index (κ2) is 13.3. The van der Waals surface area contributed by atoms with Gasteiger partial charge in [-0.05, 0) is 13.3 Å². The molecule has 0 aromatic heterocycles. The summed E-state index contributed by atoms with van der Waals surface area (Å²) in [6.07, 6.45) is 2.60. The van der Waals surface area contributed by atoms with Crippen LogP contribution in [0.3, 0.4) is 0 Å². The topological polar surface area (TPSA) is 61.8 Å². The van der Waals surface area contributed by atoms with Gasteiger partial charge in [0.15, 0.2) is 0 Å². The third-order valence-corrected chi connectivity index (χ3v) is 1.94. The highest BCUT2D eigenvalue weighted by molar-refractivity contribution is 5.75. The zero-order valence-electron chi connectivity index (χ0n) is 10.5. The van der Waals surface area contributed by atoms with Gasteiger partial charge in [-0.25, -0.2) is 0 Å². The molecule has 0 heterocycles. The van der Waals surface area contributed by atoms with Crippen LogP contribution in [0.25, 0.3) is 0 Å². The van der Waals surface area contributed by atoms with Gasteiger partial charge in [0.05, 0.1) is 33.0 Å². The van der Waals surface area contributed by atoms with Gasteiger partial charge in [-0.1, -0.05) is 0 Å². The number of carbonyl (C=O) groups excluding carboxylic acids is 2. The quantitative estimate of drug-likeness (QED) is 0.358. The lowest BCUT2D eigenvalue weighted by Gasteiger charge is -2.05. The first-order chi connectivity index (χ1) is 8.27. The first-order valence-electron chi connectivity index (χ1n) is 5.93. The van der Waals surface area contributed by atoms with Crippen LogP contribution in [-0.2, 0) is 23.8 Å². The number of hydrogen-bond acceptors (Lipinski definition) is 5. The predicted octanol–water partition coefficient (Wildman–Crippen LogP) is 0.994. The smallest absolute Gasteiger partial charge is 0.129 e. The molecule has 0 saturated heterocycles. The molecule has 0 aliphatic heterocycles. The van der Waals surface area contributed by atoms with Gasteiger partial charge in [-0.2, -0.15) is 0 Å². The van der Waals surface area contributed by atoms with Crippen LogP contribution in [0.2, 0.25) is 0 Å². The van der Waals surface area contributed by atoms with E-state index in [-0.39, 0.29) is 5.78 Å². The summed E-state index contributed by atoms with van der Waals surface area (Å²) < 4.78 is 15.6. The second-order valence-electron chi connectivity index (χ2n) is 3.60. The molecular formula is C12H22O5. The van der Waals surface area contributed by atoms with Crippen molar-refractivity contribution in [2.75, 3.05) is 39.6 Å². The van der Waals surface area contributed by atoms with Crippen LogP contribution < -0.4 is 0 Å². The van der Waals surface area contributed by atoms with E-state index in [1.165, 1.54) is 0 Å². The lowest BCUT2D eigenvalue weighted by atomic mass is 10.2. The van der Waals surface area contributed by atoms with Gasteiger partial charge in [0, 0.05) is 19.4 Å². The van der Waals surface area contributed by atoms with Crippen LogP contribution in [0.15, 0.2) is 0 Å². The molecule has 0 bridgehead atoms. The predicted molar refractivity (Wildman–Crippen MR) is 63.1 cm³/mol. The molecule has 0 aromatic carbocycles. The lowest BCUT2D eigenvalue weighted by molar-refractivity contribution is -0.117. The van der Waals surface area contributed by atoms with E-state index in [2.05, 4.69) is 0 Å². The van der Waals surface area contributed by atoms with E-state index in [0.29, 0.717) is 52.5 Å². The summed E-state index contributed by atoms with van der Waals surface area (Å²) in [5, 5.41) is 0. The normalized spacial score (nSPS) is 10.4. The minimum absolute atomic E-state index is 0.192. The van der Waals surface area contributed by atoms with E-state index in [4.69, 9.17) is 14.2 Å². The van der Waals surface area contributed by atoms with Crippen LogP contribution in [-0.4, -0.2) is 51.7 Å². The summed E-state index contributed by atoms with van der Waals surface area (Å²) in [6, 6.07) is 0. The Morgan fingerprint density at radius 2 is 1.47 bits per heavy atom. The number of carbonyl (C=O) groups is 2. The zero-order valence-corrected chi connectivity index (χ0v) is 10.5. The fourth-order valence-corrected chi connectivity index (χ4v) is 1.10. The Morgan fingerprint density at radius 1 is 0.941 bits per heavy atom. The van der Waals surface area contributed by atoms with Gasteiger partial charge in [-0.3, -0.25) is 0 Å². The van der Waals surface area contributed by atoms with Gasteiger partial charge in [0.2, 0.25) is 0 Å². The number of ketones is 1. The average molecular weight is 246 g/mol. The molecule has 0 saturated carbocycles. The maximum absolute atomic E-state index is 10.6. The van der Waals surface area contributed by atoms with Crippen molar-refractivity contribution in [3.8, 4) is 0 Å². The molecule has 0 aliphatic carbocycles. The van der Waals surface area contributed by atoms with E-state index in [1.54, 1.807) is 6.92 Å². The summed E-state index contributed by atoms with van der Waals surface area (Å²) in [4.78, 5) is 20.6. The molecule has 5 nitrogen and oxygen atoms in total. The van der Waals surface area contributed by atoms with Crippen molar-refractivity contribution in [1.29, 1.82) is 0 Å². The van der Waals surface area contributed by atoms with Crippen LogP contribution >= 0.6 is 0 Å². The second-order valence-corrected chi connectivity index (χ2v) is 3.60. The van der Waals surface area contributed by atoms with E-state index in [1.807, 2.05) is 0 Å². The fourth-order valence-electron chi connectivity index (χ4n) is 1.10. The number of ether oxygens (including phenoxy) is 3. The maximum atomic E-state index is 10.6. The van der Waals surface area contributed by atoms with Crippen molar-refractivity contribution in [2.45, 2.75) is 26.2 Å². The Bertz CT molecular complexity index is 193. The Hall–Kier alpha value is -0.780. The van der Waals surface area contributed by atoms with Crippen molar-refractivity contribution in [2.24, 2.45) is 0 Å².